The van der Waals surface area contributed by atoms with Crippen LogP contribution in [0.3, 0.4) is 0 Å². The van der Waals surface area contributed by atoms with E-state index in [2.05, 4.69) is 6.58 Å². The zero-order valence-electron chi connectivity index (χ0n) is 10.8. The number of carbonyl (C=O) groups is 1. The fraction of sp³-hybridized carbons (Fsp3) is 0.769. The molecule has 1 aliphatic rings. The predicted molar refractivity (Wildman–Crippen MR) is 64.3 cm³/mol. The highest BCUT2D eigenvalue weighted by Gasteiger charge is 2.57. The fourth-order valence-corrected chi connectivity index (χ4v) is 2.71. The number of rotatable bonds is 3. The van der Waals surface area contributed by atoms with Gasteiger partial charge in [-0.25, -0.2) is 4.79 Å². The molecule has 0 aromatic carbocycles. The smallest absolute Gasteiger partial charge is 0.330 e. The third-order valence-electron chi connectivity index (χ3n) is 3.92. The Morgan fingerprint density at radius 3 is 2.24 bits per heavy atom. The van der Waals surface area contributed by atoms with Crippen LogP contribution in [0.15, 0.2) is 12.7 Å². The topological polar surface area (TPSA) is 66.8 Å². The van der Waals surface area contributed by atoms with Gasteiger partial charge < -0.3 is 14.9 Å². The maximum Gasteiger partial charge on any atom is 0.330 e. The molecule has 0 aromatic heterocycles. The first kappa shape index (κ1) is 14.2. The third kappa shape index (κ3) is 2.38. The van der Waals surface area contributed by atoms with Crippen LogP contribution in [0, 0.1) is 10.8 Å². The Morgan fingerprint density at radius 2 is 1.88 bits per heavy atom. The van der Waals surface area contributed by atoms with Crippen molar-refractivity contribution in [3.05, 3.63) is 12.7 Å². The number of carbonyl (C=O) groups excluding carboxylic acids is 1. The Bertz CT molecular complexity index is 293. The number of esters is 1. The van der Waals surface area contributed by atoms with E-state index in [9.17, 15) is 15.0 Å². The van der Waals surface area contributed by atoms with Gasteiger partial charge >= 0.3 is 5.97 Å². The quantitative estimate of drug-likeness (QED) is 0.577. The summed E-state index contributed by atoms with van der Waals surface area (Å²) in [5, 5.41) is 20.3. The maximum atomic E-state index is 11.1. The molecule has 0 saturated heterocycles. The second-order valence-electron chi connectivity index (χ2n) is 5.71. The molecule has 4 nitrogen and oxygen atoms in total. The summed E-state index contributed by atoms with van der Waals surface area (Å²) < 4.78 is 5.07. The first-order valence-electron chi connectivity index (χ1n) is 5.91. The Hall–Kier alpha value is -0.870. The van der Waals surface area contributed by atoms with E-state index in [1.807, 2.05) is 20.8 Å². The largest absolute Gasteiger partial charge is 0.462 e. The molecule has 1 fully saturated rings. The molecule has 1 aliphatic carbocycles. The summed E-state index contributed by atoms with van der Waals surface area (Å²) in [6, 6.07) is 0. The Morgan fingerprint density at radius 1 is 1.41 bits per heavy atom. The average molecular weight is 242 g/mol. The van der Waals surface area contributed by atoms with Crippen LogP contribution in [0.2, 0.25) is 0 Å². The van der Waals surface area contributed by atoms with Crippen LogP contribution in [0.25, 0.3) is 0 Å². The van der Waals surface area contributed by atoms with Crippen molar-refractivity contribution in [2.75, 3.05) is 6.61 Å². The minimum atomic E-state index is -0.800. The number of hydrogen-bond acceptors (Lipinski definition) is 4. The molecular weight excluding hydrogens is 220 g/mol. The molecule has 0 heterocycles. The summed E-state index contributed by atoms with van der Waals surface area (Å²) in [5.74, 6) is -0.528. The van der Waals surface area contributed by atoms with Crippen molar-refractivity contribution in [1.29, 1.82) is 0 Å². The highest BCUT2D eigenvalue weighted by molar-refractivity contribution is 5.81. The van der Waals surface area contributed by atoms with Crippen LogP contribution in [0.4, 0.5) is 0 Å². The van der Waals surface area contributed by atoms with E-state index in [0.29, 0.717) is 12.8 Å². The molecule has 0 aliphatic heterocycles. The number of ether oxygens (including phenoxy) is 1. The van der Waals surface area contributed by atoms with Gasteiger partial charge in [0.1, 0.15) is 6.61 Å². The van der Waals surface area contributed by atoms with E-state index < -0.39 is 23.6 Å². The molecule has 1 rings (SSSR count). The van der Waals surface area contributed by atoms with Crippen molar-refractivity contribution in [2.45, 2.75) is 45.8 Å². The van der Waals surface area contributed by atoms with Gasteiger partial charge in [0.25, 0.3) is 0 Å². The highest BCUT2D eigenvalue weighted by Crippen LogP contribution is 2.51. The molecule has 0 radical (unpaired) electrons. The van der Waals surface area contributed by atoms with Gasteiger partial charge in [0.2, 0.25) is 0 Å². The third-order valence-corrected chi connectivity index (χ3v) is 3.92. The van der Waals surface area contributed by atoms with Gasteiger partial charge in [0.15, 0.2) is 0 Å². The van der Waals surface area contributed by atoms with Crippen molar-refractivity contribution in [2.24, 2.45) is 10.8 Å². The molecule has 17 heavy (non-hydrogen) atoms. The minimum Gasteiger partial charge on any atom is -0.462 e. The highest BCUT2D eigenvalue weighted by atomic mass is 16.5. The molecule has 0 amide bonds. The molecule has 0 spiro atoms. The first-order chi connectivity index (χ1) is 7.75. The predicted octanol–water partition coefficient (Wildman–Crippen LogP) is 1.26. The molecule has 1 saturated carbocycles. The van der Waals surface area contributed by atoms with Gasteiger partial charge in [-0.1, -0.05) is 27.4 Å². The molecule has 0 aromatic rings. The number of hydrogen-bond donors (Lipinski definition) is 2. The van der Waals surface area contributed by atoms with Crippen LogP contribution >= 0.6 is 0 Å². The monoisotopic (exact) mass is 242 g/mol. The first-order valence-corrected chi connectivity index (χ1v) is 5.91. The lowest BCUT2D eigenvalue weighted by molar-refractivity contribution is -0.162. The standard InChI is InChI=1S/C13H22O4/c1-5-11(16)17-8-13(12(2,3)4)9(14)6-7-10(13)15/h5,9-10,14-15H,1,6-8H2,2-4H3. The number of aliphatic hydroxyl groups is 2. The van der Waals surface area contributed by atoms with Crippen molar-refractivity contribution >= 4 is 5.97 Å². The second-order valence-corrected chi connectivity index (χ2v) is 5.71. The lowest BCUT2D eigenvalue weighted by Crippen LogP contribution is -2.52. The lowest BCUT2D eigenvalue weighted by Gasteiger charge is -2.45. The van der Waals surface area contributed by atoms with E-state index >= 15 is 0 Å². The van der Waals surface area contributed by atoms with Crippen molar-refractivity contribution in [3.8, 4) is 0 Å². The van der Waals surface area contributed by atoms with Gasteiger partial charge in [0.05, 0.1) is 17.6 Å². The van der Waals surface area contributed by atoms with E-state index in [-0.39, 0.29) is 12.0 Å². The van der Waals surface area contributed by atoms with Gasteiger partial charge in [0, 0.05) is 6.08 Å². The van der Waals surface area contributed by atoms with Crippen LogP contribution < -0.4 is 0 Å². The van der Waals surface area contributed by atoms with E-state index in [4.69, 9.17) is 4.74 Å². The van der Waals surface area contributed by atoms with E-state index in [0.717, 1.165) is 6.08 Å². The van der Waals surface area contributed by atoms with Crippen LogP contribution in [0.5, 0.6) is 0 Å². The van der Waals surface area contributed by atoms with Crippen LogP contribution in [-0.2, 0) is 9.53 Å². The summed E-state index contributed by atoms with van der Waals surface area (Å²) in [5.41, 5.74) is -1.16. The van der Waals surface area contributed by atoms with Crippen molar-refractivity contribution in [3.63, 3.8) is 0 Å². The summed E-state index contributed by atoms with van der Waals surface area (Å²) in [4.78, 5) is 11.1. The Labute approximate surface area is 102 Å². The zero-order valence-corrected chi connectivity index (χ0v) is 10.8. The molecule has 4 heteroatoms. The molecule has 2 atom stereocenters. The van der Waals surface area contributed by atoms with Gasteiger partial charge in [-0.3, -0.25) is 0 Å². The summed E-state index contributed by atoms with van der Waals surface area (Å²) in [6.07, 6.45) is 0.836. The maximum absolute atomic E-state index is 11.1. The second kappa shape index (κ2) is 4.78. The van der Waals surface area contributed by atoms with Gasteiger partial charge in [-0.05, 0) is 18.3 Å². The van der Waals surface area contributed by atoms with E-state index in [1.165, 1.54) is 0 Å². The van der Waals surface area contributed by atoms with Crippen LogP contribution in [0.1, 0.15) is 33.6 Å². The Balaban J connectivity index is 2.95. The summed E-state index contributed by atoms with van der Waals surface area (Å²) >= 11 is 0. The van der Waals surface area contributed by atoms with Gasteiger partial charge in [-0.15, -0.1) is 0 Å². The van der Waals surface area contributed by atoms with Crippen molar-refractivity contribution in [1.82, 2.24) is 0 Å². The normalized spacial score (nSPS) is 33.5. The minimum absolute atomic E-state index is 0.0175. The summed E-state index contributed by atoms with van der Waals surface area (Å²) in [6.45, 7) is 9.16. The lowest BCUT2D eigenvalue weighted by atomic mass is 9.63. The summed E-state index contributed by atoms with van der Waals surface area (Å²) in [7, 11) is 0. The fourth-order valence-electron chi connectivity index (χ4n) is 2.71. The zero-order chi connectivity index (χ0) is 13.3. The van der Waals surface area contributed by atoms with E-state index in [1.54, 1.807) is 0 Å². The van der Waals surface area contributed by atoms with Crippen LogP contribution in [-0.4, -0.2) is 35.0 Å². The Kier molecular flexibility index (Phi) is 3.99. The number of aliphatic hydroxyl groups excluding tert-OH is 2. The molecule has 98 valence electrons. The molecular formula is C13H22O4. The SMILES string of the molecule is C=CC(=O)OCC1(C(C)(C)C)C(O)CCC1O. The van der Waals surface area contributed by atoms with Crippen molar-refractivity contribution < 1.29 is 19.7 Å². The molecule has 0 bridgehead atoms. The molecule has 2 N–H and O–H groups in total. The molecule has 2 unspecified atom stereocenters. The average Bonchev–Trinajstić information content (AvgIpc) is 2.52. The van der Waals surface area contributed by atoms with Gasteiger partial charge in [-0.2, -0.15) is 0 Å².